The Kier molecular flexibility index (Phi) is 5.83. The van der Waals surface area contributed by atoms with Crippen molar-refractivity contribution in [1.29, 1.82) is 0 Å². The van der Waals surface area contributed by atoms with Crippen LogP contribution in [-0.2, 0) is 6.54 Å². The lowest BCUT2D eigenvalue weighted by atomic mass is 10.1. The topological polar surface area (TPSA) is 52.0 Å². The van der Waals surface area contributed by atoms with Gasteiger partial charge in [-0.05, 0) is 55.2 Å². The van der Waals surface area contributed by atoms with E-state index in [0.717, 1.165) is 12.8 Å². The van der Waals surface area contributed by atoms with Crippen molar-refractivity contribution in [1.82, 2.24) is 9.55 Å². The summed E-state index contributed by atoms with van der Waals surface area (Å²) in [5.74, 6) is 0.736. The average molecular weight is 413 g/mol. The molecule has 1 aliphatic rings. The average Bonchev–Trinajstić information content (AvgIpc) is 3.22. The number of carbonyl (C=O) groups excluding carboxylic acids is 1. The van der Waals surface area contributed by atoms with Crippen molar-refractivity contribution in [3.63, 3.8) is 0 Å². The first-order valence-corrected chi connectivity index (χ1v) is 10.9. The van der Waals surface area contributed by atoms with E-state index in [0.29, 0.717) is 39.1 Å². The van der Waals surface area contributed by atoms with Crippen molar-refractivity contribution in [2.24, 2.45) is 5.92 Å². The van der Waals surface area contributed by atoms with Gasteiger partial charge >= 0.3 is 0 Å². The fourth-order valence-corrected chi connectivity index (χ4v) is 4.75. The molecule has 0 unspecified atom stereocenters. The second kappa shape index (κ2) is 8.50. The number of fused-ring (bicyclic) bond motifs is 1. The van der Waals surface area contributed by atoms with Gasteiger partial charge in [0.05, 0.1) is 16.7 Å². The molecule has 144 valence electrons. The number of aromatic nitrogens is 2. The van der Waals surface area contributed by atoms with E-state index in [2.05, 4.69) is 0 Å². The van der Waals surface area contributed by atoms with Gasteiger partial charge in [-0.2, -0.15) is 0 Å². The highest BCUT2D eigenvalue weighted by atomic mass is 35.5. The zero-order chi connectivity index (χ0) is 19.5. The third-order valence-corrected chi connectivity index (χ3v) is 6.47. The SMILES string of the molecule is O=C(CSc1nc2ccccc2c(=O)n1CC1CCCC1)c1ccc(Cl)cc1. The molecule has 1 fully saturated rings. The normalized spacial score (nSPS) is 14.6. The van der Waals surface area contributed by atoms with E-state index in [1.165, 1.54) is 24.6 Å². The minimum Gasteiger partial charge on any atom is -0.293 e. The molecule has 1 heterocycles. The molecule has 3 aromatic rings. The zero-order valence-electron chi connectivity index (χ0n) is 15.4. The molecule has 1 saturated carbocycles. The number of hydrogen-bond donors (Lipinski definition) is 0. The Morgan fingerprint density at radius 3 is 2.57 bits per heavy atom. The van der Waals surface area contributed by atoms with Crippen LogP contribution in [0.25, 0.3) is 10.9 Å². The fourth-order valence-electron chi connectivity index (χ4n) is 3.72. The van der Waals surface area contributed by atoms with E-state index in [1.807, 2.05) is 24.3 Å². The molecule has 4 rings (SSSR count). The second-order valence-electron chi connectivity index (χ2n) is 7.20. The number of halogens is 1. The Labute approximate surface area is 172 Å². The summed E-state index contributed by atoms with van der Waals surface area (Å²) in [4.78, 5) is 30.4. The Bertz CT molecular complexity index is 1060. The van der Waals surface area contributed by atoms with Gasteiger partial charge in [-0.3, -0.25) is 14.2 Å². The summed E-state index contributed by atoms with van der Waals surface area (Å²) in [6.45, 7) is 0.675. The minimum atomic E-state index is -0.0149. The Morgan fingerprint density at radius 1 is 1.11 bits per heavy atom. The number of benzene rings is 2. The van der Waals surface area contributed by atoms with Crippen molar-refractivity contribution >= 4 is 40.0 Å². The quantitative estimate of drug-likeness (QED) is 0.316. The summed E-state index contributed by atoms with van der Waals surface area (Å²) < 4.78 is 1.78. The van der Waals surface area contributed by atoms with Crippen molar-refractivity contribution in [2.45, 2.75) is 37.4 Å². The number of thioether (sulfide) groups is 1. The van der Waals surface area contributed by atoms with Gasteiger partial charge in [-0.15, -0.1) is 0 Å². The molecule has 28 heavy (non-hydrogen) atoms. The molecule has 1 aliphatic carbocycles. The van der Waals surface area contributed by atoms with Crippen LogP contribution in [0.5, 0.6) is 0 Å². The van der Waals surface area contributed by atoms with Gasteiger partial charge in [0.1, 0.15) is 0 Å². The predicted octanol–water partition coefficient (Wildman–Crippen LogP) is 5.22. The second-order valence-corrected chi connectivity index (χ2v) is 8.58. The number of ketones is 1. The minimum absolute atomic E-state index is 0.00325. The van der Waals surface area contributed by atoms with Crippen LogP contribution in [0.15, 0.2) is 58.5 Å². The van der Waals surface area contributed by atoms with Crippen molar-refractivity contribution in [3.8, 4) is 0 Å². The first-order valence-electron chi connectivity index (χ1n) is 9.53. The molecule has 0 aliphatic heterocycles. The highest BCUT2D eigenvalue weighted by Crippen LogP contribution is 2.28. The number of para-hydroxylation sites is 1. The van der Waals surface area contributed by atoms with Gasteiger partial charge < -0.3 is 0 Å². The van der Waals surface area contributed by atoms with E-state index < -0.39 is 0 Å². The van der Waals surface area contributed by atoms with E-state index >= 15 is 0 Å². The number of carbonyl (C=O) groups is 1. The summed E-state index contributed by atoms with van der Waals surface area (Å²) in [5, 5.41) is 1.86. The van der Waals surface area contributed by atoms with Crippen LogP contribution in [0.4, 0.5) is 0 Å². The number of Topliss-reactive ketones (excluding diaryl/α,β-unsaturated/α-hetero) is 1. The van der Waals surface area contributed by atoms with Crippen LogP contribution in [0.3, 0.4) is 0 Å². The van der Waals surface area contributed by atoms with Crippen molar-refractivity contribution in [3.05, 3.63) is 69.5 Å². The first kappa shape index (κ1) is 19.2. The fraction of sp³-hybridized carbons (Fsp3) is 0.318. The van der Waals surface area contributed by atoms with Crippen LogP contribution in [0.1, 0.15) is 36.0 Å². The van der Waals surface area contributed by atoms with Gasteiger partial charge in [0.2, 0.25) is 0 Å². The standard InChI is InChI=1S/C22H21ClN2O2S/c23-17-11-9-16(10-12-17)20(26)14-28-22-24-19-8-4-3-7-18(19)21(27)25(22)13-15-5-1-2-6-15/h3-4,7-12,15H,1-2,5-6,13-14H2. The number of hydrogen-bond acceptors (Lipinski definition) is 4. The molecule has 0 bridgehead atoms. The van der Waals surface area contributed by atoms with Gasteiger partial charge in [0, 0.05) is 17.1 Å². The largest absolute Gasteiger partial charge is 0.293 e. The Hall–Kier alpha value is -2.11. The molecular weight excluding hydrogens is 392 g/mol. The lowest BCUT2D eigenvalue weighted by molar-refractivity contribution is 0.102. The highest BCUT2D eigenvalue weighted by Gasteiger charge is 2.20. The van der Waals surface area contributed by atoms with Gasteiger partial charge in [-0.1, -0.05) is 48.3 Å². The molecule has 0 saturated heterocycles. The smallest absolute Gasteiger partial charge is 0.262 e. The molecule has 4 nitrogen and oxygen atoms in total. The third kappa shape index (κ3) is 4.15. The molecule has 0 spiro atoms. The maximum Gasteiger partial charge on any atom is 0.262 e. The van der Waals surface area contributed by atoms with E-state index in [1.54, 1.807) is 28.8 Å². The number of nitrogens with zero attached hydrogens (tertiary/aromatic N) is 2. The maximum absolute atomic E-state index is 13.1. The molecular formula is C22H21ClN2O2S. The Morgan fingerprint density at radius 2 is 1.82 bits per heavy atom. The monoisotopic (exact) mass is 412 g/mol. The van der Waals surface area contributed by atoms with E-state index in [4.69, 9.17) is 16.6 Å². The molecule has 2 aromatic carbocycles. The summed E-state index contributed by atoms with van der Waals surface area (Å²) in [6, 6.07) is 14.3. The van der Waals surface area contributed by atoms with Crippen LogP contribution in [0, 0.1) is 5.92 Å². The van der Waals surface area contributed by atoms with Gasteiger partial charge in [-0.25, -0.2) is 4.98 Å². The molecule has 6 heteroatoms. The van der Waals surface area contributed by atoms with Crippen molar-refractivity contribution in [2.75, 3.05) is 5.75 Å². The number of rotatable bonds is 6. The summed E-state index contributed by atoms with van der Waals surface area (Å²) >= 11 is 7.24. The van der Waals surface area contributed by atoms with Gasteiger partial charge in [0.25, 0.3) is 5.56 Å². The molecule has 0 radical (unpaired) electrons. The molecule has 0 atom stereocenters. The van der Waals surface area contributed by atoms with Gasteiger partial charge in [0.15, 0.2) is 10.9 Å². The van der Waals surface area contributed by atoms with Crippen LogP contribution >= 0.6 is 23.4 Å². The first-order chi connectivity index (χ1) is 13.6. The third-order valence-electron chi connectivity index (χ3n) is 5.24. The van der Waals surface area contributed by atoms with Crippen molar-refractivity contribution < 1.29 is 4.79 Å². The summed E-state index contributed by atoms with van der Waals surface area (Å²) in [6.07, 6.45) is 4.73. The zero-order valence-corrected chi connectivity index (χ0v) is 17.0. The van der Waals surface area contributed by atoms with Crippen LogP contribution < -0.4 is 5.56 Å². The Balaban J connectivity index is 1.63. The lowest BCUT2D eigenvalue weighted by Gasteiger charge is -2.16. The van der Waals surface area contributed by atoms with E-state index in [9.17, 15) is 9.59 Å². The predicted molar refractivity (Wildman–Crippen MR) is 114 cm³/mol. The molecule has 0 amide bonds. The summed E-state index contributed by atoms with van der Waals surface area (Å²) in [7, 11) is 0. The maximum atomic E-state index is 13.1. The lowest BCUT2D eigenvalue weighted by Crippen LogP contribution is -2.26. The summed E-state index contributed by atoms with van der Waals surface area (Å²) in [5.41, 5.74) is 1.28. The van der Waals surface area contributed by atoms with E-state index in [-0.39, 0.29) is 17.1 Å². The van der Waals surface area contributed by atoms with Crippen LogP contribution in [-0.4, -0.2) is 21.1 Å². The molecule has 1 aromatic heterocycles. The highest BCUT2D eigenvalue weighted by molar-refractivity contribution is 7.99. The van der Waals surface area contributed by atoms with Crippen LogP contribution in [0.2, 0.25) is 5.02 Å². The molecule has 0 N–H and O–H groups in total.